The van der Waals surface area contributed by atoms with Gasteiger partial charge in [0.25, 0.3) is 0 Å². The molecule has 1 aliphatic rings. The topological polar surface area (TPSA) is 29.5 Å². The molecule has 0 aromatic carbocycles. The zero-order chi connectivity index (χ0) is 10.8. The number of methoxy groups -OCH3 is 1. The molecule has 14 heavy (non-hydrogen) atoms. The highest BCUT2D eigenvalue weighted by Crippen LogP contribution is 2.22. The molecule has 0 atom stereocenters. The van der Waals surface area contributed by atoms with Gasteiger partial charge in [-0.1, -0.05) is 20.8 Å². The van der Waals surface area contributed by atoms with Crippen molar-refractivity contribution in [2.24, 2.45) is 5.41 Å². The normalized spacial score (nSPS) is 18.1. The van der Waals surface area contributed by atoms with Gasteiger partial charge in [-0.15, -0.1) is 0 Å². The summed E-state index contributed by atoms with van der Waals surface area (Å²) in [6, 6.07) is 0. The fourth-order valence-corrected chi connectivity index (χ4v) is 1.43. The number of ether oxygens (including phenoxy) is 1. The summed E-state index contributed by atoms with van der Waals surface area (Å²) in [6.07, 6.45) is 1.90. The van der Waals surface area contributed by atoms with E-state index < -0.39 is 0 Å². The molecule has 82 valence electrons. The minimum Gasteiger partial charge on any atom is -0.378 e. The van der Waals surface area contributed by atoms with E-state index in [2.05, 4.69) is 20.8 Å². The van der Waals surface area contributed by atoms with E-state index in [1.165, 1.54) is 0 Å². The maximum atomic E-state index is 11.6. The van der Waals surface area contributed by atoms with Crippen molar-refractivity contribution in [3.8, 4) is 0 Å². The zero-order valence-electron chi connectivity index (χ0n) is 9.67. The summed E-state index contributed by atoms with van der Waals surface area (Å²) in [7, 11) is 1.70. The second kappa shape index (κ2) is 4.30. The number of carbonyl (C=O) groups is 1. The van der Waals surface area contributed by atoms with Crippen molar-refractivity contribution >= 4 is 5.91 Å². The summed E-state index contributed by atoms with van der Waals surface area (Å²) < 4.78 is 5.12. The third-order valence-corrected chi connectivity index (χ3v) is 2.62. The number of hydrogen-bond acceptors (Lipinski definition) is 2. The van der Waals surface area contributed by atoms with Crippen LogP contribution in [0.3, 0.4) is 0 Å². The molecular weight excluding hydrogens is 178 g/mol. The van der Waals surface area contributed by atoms with Gasteiger partial charge in [-0.2, -0.15) is 0 Å². The van der Waals surface area contributed by atoms with Gasteiger partial charge < -0.3 is 9.64 Å². The Morgan fingerprint density at radius 2 is 2.00 bits per heavy atom. The summed E-state index contributed by atoms with van der Waals surface area (Å²) in [5.41, 5.74) is 0.251. The van der Waals surface area contributed by atoms with Crippen molar-refractivity contribution < 1.29 is 9.53 Å². The fourth-order valence-electron chi connectivity index (χ4n) is 1.43. The van der Waals surface area contributed by atoms with Gasteiger partial charge in [0.1, 0.15) is 0 Å². The Morgan fingerprint density at radius 3 is 2.43 bits per heavy atom. The van der Waals surface area contributed by atoms with Crippen LogP contribution in [0.15, 0.2) is 0 Å². The number of rotatable bonds is 3. The predicted molar refractivity (Wildman–Crippen MR) is 56.1 cm³/mol. The predicted octanol–water partition coefficient (Wildman–Crippen LogP) is 1.67. The first-order valence-corrected chi connectivity index (χ1v) is 5.23. The van der Waals surface area contributed by atoms with E-state index in [1.807, 2.05) is 4.90 Å². The lowest BCUT2D eigenvalue weighted by molar-refractivity contribution is -0.143. The molecule has 1 rings (SSSR count). The summed E-state index contributed by atoms with van der Waals surface area (Å²) in [6.45, 7) is 8.04. The highest BCUT2D eigenvalue weighted by atomic mass is 16.5. The van der Waals surface area contributed by atoms with E-state index in [0.29, 0.717) is 6.42 Å². The van der Waals surface area contributed by atoms with E-state index in [0.717, 1.165) is 19.5 Å². The van der Waals surface area contributed by atoms with Crippen LogP contribution in [0.4, 0.5) is 0 Å². The fraction of sp³-hybridized carbons (Fsp3) is 0.909. The third-order valence-electron chi connectivity index (χ3n) is 2.62. The molecule has 1 amide bonds. The molecule has 0 saturated carbocycles. The second-order valence-electron chi connectivity index (χ2n) is 5.22. The molecule has 0 radical (unpaired) electrons. The van der Waals surface area contributed by atoms with Crippen LogP contribution in [-0.4, -0.2) is 37.1 Å². The SMILES string of the molecule is COC1CN(C(=O)CCC(C)(C)C)C1. The molecular formula is C11H21NO2. The minimum absolute atomic E-state index is 0.251. The molecule has 0 bridgehead atoms. The Labute approximate surface area is 86.4 Å². The third kappa shape index (κ3) is 3.29. The maximum absolute atomic E-state index is 11.6. The summed E-state index contributed by atoms with van der Waals surface area (Å²) in [5.74, 6) is 0.272. The molecule has 0 spiro atoms. The largest absolute Gasteiger partial charge is 0.378 e. The zero-order valence-corrected chi connectivity index (χ0v) is 9.67. The van der Waals surface area contributed by atoms with Crippen molar-refractivity contribution in [3.63, 3.8) is 0 Å². The molecule has 1 saturated heterocycles. The molecule has 1 fully saturated rings. The number of carbonyl (C=O) groups excluding carboxylic acids is 1. The van der Waals surface area contributed by atoms with Crippen molar-refractivity contribution in [1.29, 1.82) is 0 Å². The van der Waals surface area contributed by atoms with E-state index in [-0.39, 0.29) is 17.4 Å². The standard InChI is InChI=1S/C11H21NO2/c1-11(2,3)6-5-10(13)12-7-9(8-12)14-4/h9H,5-8H2,1-4H3. The molecule has 0 unspecified atom stereocenters. The highest BCUT2D eigenvalue weighted by molar-refractivity contribution is 5.77. The number of nitrogens with zero attached hydrogens (tertiary/aromatic N) is 1. The van der Waals surface area contributed by atoms with Crippen molar-refractivity contribution in [2.45, 2.75) is 39.7 Å². The first-order chi connectivity index (χ1) is 6.42. The van der Waals surface area contributed by atoms with Gasteiger partial charge in [-0.3, -0.25) is 4.79 Å². The first kappa shape index (κ1) is 11.5. The van der Waals surface area contributed by atoms with Gasteiger partial charge in [-0.25, -0.2) is 0 Å². The lowest BCUT2D eigenvalue weighted by atomic mass is 9.90. The van der Waals surface area contributed by atoms with Crippen LogP contribution >= 0.6 is 0 Å². The van der Waals surface area contributed by atoms with Gasteiger partial charge in [0, 0.05) is 26.6 Å². The van der Waals surface area contributed by atoms with Gasteiger partial charge in [0.2, 0.25) is 5.91 Å². The van der Waals surface area contributed by atoms with Crippen molar-refractivity contribution in [1.82, 2.24) is 4.90 Å². The molecule has 0 aromatic rings. The van der Waals surface area contributed by atoms with Gasteiger partial charge in [-0.05, 0) is 11.8 Å². The van der Waals surface area contributed by atoms with Crippen LogP contribution in [0.25, 0.3) is 0 Å². The average molecular weight is 199 g/mol. The van der Waals surface area contributed by atoms with Crippen LogP contribution in [0, 0.1) is 5.41 Å². The Kier molecular flexibility index (Phi) is 3.53. The molecule has 0 N–H and O–H groups in total. The smallest absolute Gasteiger partial charge is 0.222 e. The Balaban J connectivity index is 2.18. The summed E-state index contributed by atoms with van der Waals surface area (Å²) in [4.78, 5) is 13.5. The van der Waals surface area contributed by atoms with E-state index in [9.17, 15) is 4.79 Å². The Hall–Kier alpha value is -0.570. The molecule has 3 nitrogen and oxygen atoms in total. The van der Waals surface area contributed by atoms with Crippen molar-refractivity contribution in [2.75, 3.05) is 20.2 Å². The van der Waals surface area contributed by atoms with Crippen LogP contribution in [-0.2, 0) is 9.53 Å². The van der Waals surface area contributed by atoms with E-state index >= 15 is 0 Å². The van der Waals surface area contributed by atoms with E-state index in [4.69, 9.17) is 4.74 Å². The quantitative estimate of drug-likeness (QED) is 0.692. The first-order valence-electron chi connectivity index (χ1n) is 5.23. The van der Waals surface area contributed by atoms with Crippen LogP contribution in [0.2, 0.25) is 0 Å². The van der Waals surface area contributed by atoms with Gasteiger partial charge in [0.05, 0.1) is 6.10 Å². The van der Waals surface area contributed by atoms with Gasteiger partial charge >= 0.3 is 0 Å². The molecule has 3 heteroatoms. The highest BCUT2D eigenvalue weighted by Gasteiger charge is 2.30. The maximum Gasteiger partial charge on any atom is 0.222 e. The lowest BCUT2D eigenvalue weighted by Crippen LogP contribution is -2.54. The Bertz CT molecular complexity index is 202. The molecule has 0 aliphatic carbocycles. The van der Waals surface area contributed by atoms with E-state index in [1.54, 1.807) is 7.11 Å². The van der Waals surface area contributed by atoms with Crippen LogP contribution in [0.5, 0.6) is 0 Å². The number of hydrogen-bond donors (Lipinski definition) is 0. The van der Waals surface area contributed by atoms with Crippen molar-refractivity contribution in [3.05, 3.63) is 0 Å². The monoisotopic (exact) mass is 199 g/mol. The number of amides is 1. The Morgan fingerprint density at radius 1 is 1.43 bits per heavy atom. The van der Waals surface area contributed by atoms with Crippen LogP contribution in [0.1, 0.15) is 33.6 Å². The summed E-state index contributed by atoms with van der Waals surface area (Å²) >= 11 is 0. The molecule has 1 aliphatic heterocycles. The van der Waals surface area contributed by atoms with Crippen LogP contribution < -0.4 is 0 Å². The minimum atomic E-state index is 0.251. The summed E-state index contributed by atoms with van der Waals surface area (Å²) in [5, 5.41) is 0. The lowest BCUT2D eigenvalue weighted by Gasteiger charge is -2.38. The van der Waals surface area contributed by atoms with Gasteiger partial charge in [0.15, 0.2) is 0 Å². The average Bonchev–Trinajstić information content (AvgIpc) is 1.97. The molecule has 0 aromatic heterocycles. The molecule has 1 heterocycles. The second-order valence-corrected chi connectivity index (χ2v) is 5.22. The number of likely N-dealkylation sites (tertiary alicyclic amines) is 1.